The molecular weight excluding hydrogens is 391 g/mol. The highest BCUT2D eigenvalue weighted by atomic mass is 19.4. The van der Waals surface area contributed by atoms with Gasteiger partial charge in [0.05, 0.1) is 11.3 Å². The summed E-state index contributed by atoms with van der Waals surface area (Å²) in [5, 5.41) is 0. The third-order valence-corrected chi connectivity index (χ3v) is 4.89. The predicted octanol–water partition coefficient (Wildman–Crippen LogP) is 5.74. The van der Waals surface area contributed by atoms with Gasteiger partial charge in [-0.25, -0.2) is 4.90 Å². The van der Waals surface area contributed by atoms with E-state index in [1.54, 1.807) is 42.5 Å². The van der Waals surface area contributed by atoms with Crippen LogP contribution < -0.4 is 4.90 Å². The maximum absolute atomic E-state index is 13.3. The van der Waals surface area contributed by atoms with Crippen molar-refractivity contribution < 1.29 is 22.8 Å². The summed E-state index contributed by atoms with van der Waals surface area (Å²) in [4.78, 5) is 27.4. The second-order valence-corrected chi connectivity index (χ2v) is 7.01. The van der Waals surface area contributed by atoms with Crippen LogP contribution in [-0.4, -0.2) is 11.8 Å². The van der Waals surface area contributed by atoms with E-state index in [4.69, 9.17) is 0 Å². The first-order valence-electron chi connectivity index (χ1n) is 9.19. The Balaban J connectivity index is 1.84. The van der Waals surface area contributed by atoms with Gasteiger partial charge < -0.3 is 0 Å². The second-order valence-electron chi connectivity index (χ2n) is 7.01. The molecule has 0 saturated carbocycles. The van der Waals surface area contributed by atoms with Gasteiger partial charge in [-0.05, 0) is 60.0 Å². The van der Waals surface area contributed by atoms with Crippen LogP contribution in [0, 0.1) is 6.92 Å². The maximum atomic E-state index is 13.3. The van der Waals surface area contributed by atoms with Gasteiger partial charge in [0.15, 0.2) is 0 Å². The van der Waals surface area contributed by atoms with E-state index < -0.39 is 23.6 Å². The zero-order chi connectivity index (χ0) is 21.5. The molecule has 3 aromatic carbocycles. The fourth-order valence-electron chi connectivity index (χ4n) is 3.43. The van der Waals surface area contributed by atoms with Gasteiger partial charge in [-0.15, -0.1) is 0 Å². The summed E-state index contributed by atoms with van der Waals surface area (Å²) < 4.78 is 38.5. The van der Waals surface area contributed by atoms with Crippen molar-refractivity contribution in [1.82, 2.24) is 0 Å². The molecule has 3 nitrogen and oxygen atoms in total. The lowest BCUT2D eigenvalue weighted by Crippen LogP contribution is -2.41. The minimum atomic E-state index is -4.44. The van der Waals surface area contributed by atoms with Crippen LogP contribution in [0.5, 0.6) is 0 Å². The van der Waals surface area contributed by atoms with E-state index in [9.17, 15) is 22.8 Å². The average molecular weight is 407 g/mol. The average Bonchev–Trinajstić information content (AvgIpc) is 2.71. The number of carbonyl (C=O) groups is 2. The van der Waals surface area contributed by atoms with Crippen LogP contribution in [0.15, 0.2) is 72.8 Å². The van der Waals surface area contributed by atoms with Gasteiger partial charge in [0.1, 0.15) is 0 Å². The minimum Gasteiger partial charge on any atom is -0.268 e. The van der Waals surface area contributed by atoms with Crippen molar-refractivity contribution in [3.8, 4) is 0 Å². The Labute approximate surface area is 171 Å². The molecular formula is C24H16F3NO2. The molecule has 0 N–H and O–H groups in total. The monoisotopic (exact) mass is 407 g/mol. The van der Waals surface area contributed by atoms with E-state index in [0.29, 0.717) is 22.4 Å². The number of aryl methyl sites for hydroxylation is 1. The van der Waals surface area contributed by atoms with E-state index >= 15 is 0 Å². The normalized spacial score (nSPS) is 15.5. The lowest BCUT2D eigenvalue weighted by Gasteiger charge is -2.29. The fourth-order valence-corrected chi connectivity index (χ4v) is 3.43. The number of rotatable bonds is 2. The summed E-state index contributed by atoms with van der Waals surface area (Å²) in [6, 6.07) is 18.3. The first kappa shape index (κ1) is 19.6. The van der Waals surface area contributed by atoms with E-state index in [1.807, 2.05) is 13.0 Å². The smallest absolute Gasteiger partial charge is 0.268 e. The Morgan fingerprint density at radius 3 is 2.10 bits per heavy atom. The first-order valence-corrected chi connectivity index (χ1v) is 9.19. The number of halogens is 3. The Kier molecular flexibility index (Phi) is 4.78. The number of anilines is 1. The van der Waals surface area contributed by atoms with Crippen LogP contribution >= 0.6 is 0 Å². The molecule has 0 aromatic heterocycles. The van der Waals surface area contributed by atoms with E-state index in [1.165, 1.54) is 18.2 Å². The second kappa shape index (κ2) is 7.30. The highest BCUT2D eigenvalue weighted by Gasteiger charge is 2.36. The standard InChI is InChI=1S/C24H16F3NO2/c1-15-5-4-6-18(13-15)28-22(29)20-8-3-2-7-19(20)21(23(28)30)14-16-9-11-17(12-10-16)24(25,26)27/h2-14H,1H3. The fraction of sp³-hybridized carbons (Fsp3) is 0.0833. The minimum absolute atomic E-state index is 0.242. The number of imide groups is 1. The zero-order valence-electron chi connectivity index (χ0n) is 15.9. The molecule has 30 heavy (non-hydrogen) atoms. The van der Waals surface area contributed by atoms with E-state index in [0.717, 1.165) is 22.6 Å². The van der Waals surface area contributed by atoms with Gasteiger partial charge in [0.2, 0.25) is 0 Å². The number of alkyl halides is 3. The highest BCUT2D eigenvalue weighted by Crippen LogP contribution is 2.34. The molecule has 4 rings (SSSR count). The number of carbonyl (C=O) groups excluding carboxylic acids is 2. The summed E-state index contributed by atoms with van der Waals surface area (Å²) in [5.74, 6) is -0.963. The van der Waals surface area contributed by atoms with Gasteiger partial charge >= 0.3 is 6.18 Å². The van der Waals surface area contributed by atoms with Crippen LogP contribution in [0.1, 0.15) is 32.6 Å². The van der Waals surface area contributed by atoms with Gasteiger partial charge in [0.25, 0.3) is 11.8 Å². The van der Waals surface area contributed by atoms with Crippen molar-refractivity contribution >= 4 is 29.2 Å². The van der Waals surface area contributed by atoms with Crippen LogP contribution in [0.25, 0.3) is 11.6 Å². The van der Waals surface area contributed by atoms with Gasteiger partial charge in [0, 0.05) is 11.1 Å². The van der Waals surface area contributed by atoms with Crippen molar-refractivity contribution in [2.24, 2.45) is 0 Å². The van der Waals surface area contributed by atoms with Gasteiger partial charge in [-0.2, -0.15) is 13.2 Å². The zero-order valence-corrected chi connectivity index (χ0v) is 15.9. The molecule has 0 radical (unpaired) electrons. The maximum Gasteiger partial charge on any atom is 0.416 e. The summed E-state index contributed by atoms with van der Waals surface area (Å²) in [7, 11) is 0. The first-order chi connectivity index (χ1) is 14.3. The van der Waals surface area contributed by atoms with Crippen molar-refractivity contribution in [3.63, 3.8) is 0 Å². The van der Waals surface area contributed by atoms with Crippen LogP contribution in [-0.2, 0) is 11.0 Å². The SMILES string of the molecule is Cc1cccc(N2C(=O)C(=Cc3ccc(C(F)(F)F)cc3)c3ccccc3C2=O)c1. The molecule has 6 heteroatoms. The molecule has 0 saturated heterocycles. The predicted molar refractivity (Wildman–Crippen MR) is 109 cm³/mol. The number of amides is 2. The number of hydrogen-bond acceptors (Lipinski definition) is 2. The molecule has 150 valence electrons. The van der Waals surface area contributed by atoms with Crippen molar-refractivity contribution in [1.29, 1.82) is 0 Å². The Hall–Kier alpha value is -3.67. The molecule has 0 unspecified atom stereocenters. The third kappa shape index (κ3) is 3.52. The molecule has 0 spiro atoms. The van der Waals surface area contributed by atoms with Gasteiger partial charge in [-0.3, -0.25) is 9.59 Å². The number of hydrogen-bond donors (Lipinski definition) is 0. The number of nitrogens with zero attached hydrogens (tertiary/aromatic N) is 1. The van der Waals surface area contributed by atoms with E-state index in [2.05, 4.69) is 0 Å². The van der Waals surface area contributed by atoms with Gasteiger partial charge in [-0.1, -0.05) is 42.5 Å². The van der Waals surface area contributed by atoms with E-state index in [-0.39, 0.29) is 5.57 Å². The molecule has 2 amide bonds. The number of fused-ring (bicyclic) bond motifs is 1. The van der Waals surface area contributed by atoms with Crippen molar-refractivity contribution in [3.05, 3.63) is 101 Å². The summed E-state index contributed by atoms with van der Waals surface area (Å²) in [6.07, 6.45) is -2.93. The molecule has 0 aliphatic carbocycles. The van der Waals surface area contributed by atoms with Crippen LogP contribution in [0.4, 0.5) is 18.9 Å². The topological polar surface area (TPSA) is 37.4 Å². The summed E-state index contributed by atoms with van der Waals surface area (Å²) in [6.45, 7) is 1.86. The Morgan fingerprint density at radius 2 is 1.47 bits per heavy atom. The lowest BCUT2D eigenvalue weighted by molar-refractivity contribution is -0.137. The molecule has 1 aliphatic heterocycles. The molecule has 0 fully saturated rings. The lowest BCUT2D eigenvalue weighted by atomic mass is 9.91. The molecule has 1 aliphatic rings. The Bertz CT molecular complexity index is 1180. The van der Waals surface area contributed by atoms with Crippen LogP contribution in [0.2, 0.25) is 0 Å². The van der Waals surface area contributed by atoms with Crippen molar-refractivity contribution in [2.75, 3.05) is 4.90 Å². The third-order valence-electron chi connectivity index (χ3n) is 4.89. The Morgan fingerprint density at radius 1 is 0.800 bits per heavy atom. The number of benzene rings is 3. The molecule has 0 bridgehead atoms. The summed E-state index contributed by atoms with van der Waals surface area (Å²) in [5.41, 5.74) is 2.05. The van der Waals surface area contributed by atoms with Crippen molar-refractivity contribution in [2.45, 2.75) is 13.1 Å². The molecule has 3 aromatic rings. The van der Waals surface area contributed by atoms with Crippen LogP contribution in [0.3, 0.4) is 0 Å². The molecule has 1 heterocycles. The summed E-state index contributed by atoms with van der Waals surface area (Å²) >= 11 is 0. The molecule has 0 atom stereocenters. The highest BCUT2D eigenvalue weighted by molar-refractivity contribution is 6.43. The largest absolute Gasteiger partial charge is 0.416 e. The quantitative estimate of drug-likeness (QED) is 0.401.